The summed E-state index contributed by atoms with van der Waals surface area (Å²) >= 11 is 1.31. The minimum Gasteiger partial charge on any atom is -0.293 e. The Balaban J connectivity index is 2.11. The van der Waals surface area contributed by atoms with Gasteiger partial charge < -0.3 is 0 Å². The van der Waals surface area contributed by atoms with E-state index in [1.165, 1.54) is 38.1 Å². The van der Waals surface area contributed by atoms with Gasteiger partial charge in [0.2, 0.25) is 10.0 Å². The Kier molecular flexibility index (Phi) is 5.56. The fraction of sp³-hybridized carbons (Fsp3) is 0.250. The van der Waals surface area contributed by atoms with Crippen molar-refractivity contribution in [2.45, 2.75) is 22.1 Å². The Labute approximate surface area is 140 Å². The fourth-order valence-corrected chi connectivity index (χ4v) is 3.58. The number of pyridine rings is 1. The number of Topliss-reactive ketones (excluding diaryl/α,β-unsaturated/α-hetero) is 1. The molecule has 5 nitrogen and oxygen atoms in total. The monoisotopic (exact) mass is 350 g/mol. The van der Waals surface area contributed by atoms with Crippen molar-refractivity contribution in [3.63, 3.8) is 0 Å². The molecule has 0 bridgehead atoms. The molecule has 1 atom stereocenters. The molecule has 0 aliphatic rings. The summed E-state index contributed by atoms with van der Waals surface area (Å²) in [5.41, 5.74) is 0.652. The van der Waals surface area contributed by atoms with Crippen LogP contribution in [0.25, 0.3) is 0 Å². The van der Waals surface area contributed by atoms with Crippen molar-refractivity contribution in [1.82, 2.24) is 9.29 Å². The van der Waals surface area contributed by atoms with E-state index in [0.717, 1.165) is 4.31 Å². The first-order chi connectivity index (χ1) is 10.8. The molecular formula is C16H18N2O3S2. The first-order valence-corrected chi connectivity index (χ1v) is 9.29. The number of carbonyl (C=O) groups is 1. The van der Waals surface area contributed by atoms with E-state index in [1.54, 1.807) is 18.2 Å². The zero-order chi connectivity index (χ0) is 17.0. The number of rotatable bonds is 6. The minimum absolute atomic E-state index is 0.0161. The molecule has 0 saturated heterocycles. The third-order valence-corrected chi connectivity index (χ3v) is 6.06. The third kappa shape index (κ3) is 4.19. The van der Waals surface area contributed by atoms with Crippen molar-refractivity contribution in [2.75, 3.05) is 14.1 Å². The Hall–Kier alpha value is -1.70. The quantitative estimate of drug-likeness (QED) is 0.592. The normalized spacial score (nSPS) is 13.0. The highest BCUT2D eigenvalue weighted by atomic mass is 32.2. The molecule has 2 rings (SSSR count). The average Bonchev–Trinajstić information content (AvgIpc) is 2.55. The molecule has 122 valence electrons. The summed E-state index contributed by atoms with van der Waals surface area (Å²) < 4.78 is 25.1. The smallest absolute Gasteiger partial charge is 0.244 e. The van der Waals surface area contributed by atoms with Gasteiger partial charge in [-0.15, -0.1) is 0 Å². The second-order valence-corrected chi connectivity index (χ2v) is 8.62. The number of hydrogen-bond donors (Lipinski definition) is 0. The maximum atomic E-state index is 12.3. The molecule has 1 heterocycles. The molecule has 0 spiro atoms. The minimum atomic E-state index is -3.49. The second-order valence-electron chi connectivity index (χ2n) is 5.11. The van der Waals surface area contributed by atoms with E-state index in [0.29, 0.717) is 10.6 Å². The predicted molar refractivity (Wildman–Crippen MR) is 91.2 cm³/mol. The van der Waals surface area contributed by atoms with Crippen LogP contribution in [0, 0.1) is 0 Å². The van der Waals surface area contributed by atoms with Crippen molar-refractivity contribution in [2.24, 2.45) is 0 Å². The second kappa shape index (κ2) is 7.25. The number of hydrogen-bond acceptors (Lipinski definition) is 5. The van der Waals surface area contributed by atoms with Gasteiger partial charge in [0.25, 0.3) is 0 Å². The van der Waals surface area contributed by atoms with E-state index in [9.17, 15) is 13.2 Å². The molecule has 0 fully saturated rings. The van der Waals surface area contributed by atoms with Crippen LogP contribution in [0.5, 0.6) is 0 Å². The zero-order valence-corrected chi connectivity index (χ0v) is 14.8. The molecule has 23 heavy (non-hydrogen) atoms. The molecule has 0 amide bonds. The number of benzene rings is 1. The Morgan fingerprint density at radius 3 is 2.30 bits per heavy atom. The summed E-state index contributed by atoms with van der Waals surface area (Å²) in [6.07, 6.45) is 1.32. The highest BCUT2D eigenvalue weighted by molar-refractivity contribution is 8.00. The van der Waals surface area contributed by atoms with Crippen molar-refractivity contribution in [3.8, 4) is 0 Å². The summed E-state index contributed by atoms with van der Waals surface area (Å²) in [7, 11) is -0.545. The topological polar surface area (TPSA) is 67.3 Å². The van der Waals surface area contributed by atoms with Crippen molar-refractivity contribution < 1.29 is 13.2 Å². The van der Waals surface area contributed by atoms with Gasteiger partial charge in [-0.3, -0.25) is 4.79 Å². The highest BCUT2D eigenvalue weighted by Crippen LogP contribution is 2.25. The first-order valence-electron chi connectivity index (χ1n) is 6.97. The van der Waals surface area contributed by atoms with Crippen LogP contribution in [0.1, 0.15) is 17.3 Å². The number of aromatic nitrogens is 1. The van der Waals surface area contributed by atoms with Gasteiger partial charge in [-0.1, -0.05) is 42.1 Å². The lowest BCUT2D eigenvalue weighted by atomic mass is 10.1. The van der Waals surface area contributed by atoms with Gasteiger partial charge in [-0.2, -0.15) is 0 Å². The van der Waals surface area contributed by atoms with Crippen LogP contribution < -0.4 is 0 Å². The number of carbonyl (C=O) groups excluding carboxylic acids is 1. The van der Waals surface area contributed by atoms with E-state index in [4.69, 9.17) is 0 Å². The molecule has 2 aromatic rings. The van der Waals surface area contributed by atoms with Gasteiger partial charge in [0, 0.05) is 25.9 Å². The van der Waals surface area contributed by atoms with Crippen molar-refractivity contribution in [3.05, 3.63) is 54.2 Å². The summed E-state index contributed by atoms with van der Waals surface area (Å²) in [6, 6.07) is 12.2. The molecule has 0 radical (unpaired) electrons. The largest absolute Gasteiger partial charge is 0.293 e. The lowest BCUT2D eigenvalue weighted by molar-refractivity contribution is 0.0994. The van der Waals surface area contributed by atoms with Crippen LogP contribution in [0.15, 0.2) is 58.6 Å². The standard InChI is InChI=1S/C16H18N2O3S2/c1-12(16(19)13-7-5-4-6-8-13)22-15-10-9-14(11-17-15)23(20,21)18(2)3/h4-12H,1-3H3/t12-/m0/s1. The maximum absolute atomic E-state index is 12.3. The lowest BCUT2D eigenvalue weighted by Crippen LogP contribution is -2.22. The Morgan fingerprint density at radius 2 is 1.78 bits per heavy atom. The van der Waals surface area contributed by atoms with Crippen LogP contribution in [0.2, 0.25) is 0 Å². The molecule has 1 aromatic carbocycles. The third-order valence-electron chi connectivity index (χ3n) is 3.21. The summed E-state index contributed by atoms with van der Waals surface area (Å²) in [4.78, 5) is 16.6. The number of thioether (sulfide) groups is 1. The van der Waals surface area contributed by atoms with Crippen molar-refractivity contribution >= 4 is 27.6 Å². The van der Waals surface area contributed by atoms with Gasteiger partial charge in [-0.05, 0) is 19.1 Å². The van der Waals surface area contributed by atoms with Crippen LogP contribution >= 0.6 is 11.8 Å². The summed E-state index contributed by atoms with van der Waals surface area (Å²) in [5.74, 6) is 0.0161. The van der Waals surface area contributed by atoms with E-state index in [1.807, 2.05) is 25.1 Å². The SMILES string of the molecule is C[C@H](Sc1ccc(S(=O)(=O)N(C)C)cn1)C(=O)c1ccccc1. The molecule has 0 N–H and O–H groups in total. The van der Waals surface area contributed by atoms with Gasteiger partial charge in [0.1, 0.15) is 4.90 Å². The van der Waals surface area contributed by atoms with E-state index < -0.39 is 10.0 Å². The zero-order valence-electron chi connectivity index (χ0n) is 13.1. The molecule has 0 saturated carbocycles. The van der Waals surface area contributed by atoms with Crippen molar-refractivity contribution in [1.29, 1.82) is 0 Å². The van der Waals surface area contributed by atoms with E-state index in [2.05, 4.69) is 4.98 Å². The van der Waals surface area contributed by atoms with Gasteiger partial charge in [-0.25, -0.2) is 17.7 Å². The molecule has 0 aliphatic carbocycles. The number of sulfonamides is 1. The lowest BCUT2D eigenvalue weighted by Gasteiger charge is -2.12. The van der Waals surface area contributed by atoms with E-state index in [-0.39, 0.29) is 15.9 Å². The van der Waals surface area contributed by atoms with Crippen LogP contribution in [0.3, 0.4) is 0 Å². The van der Waals surface area contributed by atoms with Gasteiger partial charge in [0.05, 0.1) is 10.3 Å². The summed E-state index contributed by atoms with van der Waals surface area (Å²) in [6.45, 7) is 1.81. The Bertz CT molecular complexity index is 773. The summed E-state index contributed by atoms with van der Waals surface area (Å²) in [5, 5.41) is 0.306. The molecule has 0 unspecified atom stereocenters. The average molecular weight is 350 g/mol. The van der Waals surface area contributed by atoms with Crippen LogP contribution in [-0.4, -0.2) is 42.8 Å². The van der Waals surface area contributed by atoms with Crippen LogP contribution in [0.4, 0.5) is 0 Å². The van der Waals surface area contributed by atoms with E-state index >= 15 is 0 Å². The predicted octanol–water partition coefficient (Wildman–Crippen LogP) is 2.70. The number of ketones is 1. The Morgan fingerprint density at radius 1 is 1.13 bits per heavy atom. The molecule has 7 heteroatoms. The molecule has 1 aromatic heterocycles. The number of nitrogens with zero attached hydrogens (tertiary/aromatic N) is 2. The highest BCUT2D eigenvalue weighted by Gasteiger charge is 2.19. The fourth-order valence-electron chi connectivity index (χ4n) is 1.87. The first kappa shape index (κ1) is 17.7. The maximum Gasteiger partial charge on any atom is 0.244 e. The van der Waals surface area contributed by atoms with Gasteiger partial charge >= 0.3 is 0 Å². The van der Waals surface area contributed by atoms with Gasteiger partial charge in [0.15, 0.2) is 5.78 Å². The van der Waals surface area contributed by atoms with Crippen LogP contribution in [-0.2, 0) is 10.0 Å². The molecule has 0 aliphatic heterocycles. The molecular weight excluding hydrogens is 332 g/mol.